The average Bonchev–Trinajstić information content (AvgIpc) is 2.81. The van der Waals surface area contributed by atoms with E-state index in [-0.39, 0.29) is 5.92 Å². The molecule has 2 heterocycles. The maximum atomic E-state index is 12.3. The zero-order chi connectivity index (χ0) is 15.5. The van der Waals surface area contributed by atoms with Crippen LogP contribution in [0.3, 0.4) is 0 Å². The fraction of sp³-hybridized carbons (Fsp3) is 0.714. The third-order valence-corrected chi connectivity index (χ3v) is 3.56. The summed E-state index contributed by atoms with van der Waals surface area (Å²) in [4.78, 5) is 10.1. The molecule has 1 aromatic rings. The molecule has 0 aromatic carbocycles. The third-order valence-electron chi connectivity index (χ3n) is 3.56. The van der Waals surface area contributed by atoms with E-state index in [4.69, 9.17) is 0 Å². The van der Waals surface area contributed by atoms with E-state index >= 15 is 0 Å². The Morgan fingerprint density at radius 1 is 1.38 bits per heavy atom. The molecule has 1 N–H and O–H groups in total. The zero-order valence-electron chi connectivity index (χ0n) is 12.4. The Balaban J connectivity index is 1.83. The summed E-state index contributed by atoms with van der Waals surface area (Å²) in [5, 5.41) is 3.23. The molecule has 1 aliphatic rings. The van der Waals surface area contributed by atoms with E-state index in [9.17, 15) is 13.2 Å². The number of hydrogen-bond donors (Lipinski definition) is 1. The summed E-state index contributed by atoms with van der Waals surface area (Å²) in [5.41, 5.74) is 0.898. The highest BCUT2D eigenvalue weighted by molar-refractivity contribution is 5.35. The van der Waals surface area contributed by atoms with Gasteiger partial charge in [0.15, 0.2) is 0 Å². The van der Waals surface area contributed by atoms with Crippen molar-refractivity contribution in [1.29, 1.82) is 0 Å². The maximum absolute atomic E-state index is 12.3. The molecule has 0 radical (unpaired) electrons. The van der Waals surface area contributed by atoms with Crippen molar-refractivity contribution in [2.45, 2.75) is 32.9 Å². The van der Waals surface area contributed by atoms with Crippen LogP contribution in [0.25, 0.3) is 0 Å². The van der Waals surface area contributed by atoms with E-state index in [1.807, 2.05) is 19.9 Å². The predicted molar refractivity (Wildman–Crippen MR) is 75.2 cm³/mol. The molecule has 4 nitrogen and oxygen atoms in total. The van der Waals surface area contributed by atoms with Gasteiger partial charge in [0.25, 0.3) is 0 Å². The number of nitrogens with one attached hydrogen (secondary N) is 1. The third kappa shape index (κ3) is 5.15. The number of alkyl halides is 3. The van der Waals surface area contributed by atoms with Crippen LogP contribution in [0.15, 0.2) is 6.07 Å². The maximum Gasteiger partial charge on any atom is 0.401 e. The summed E-state index contributed by atoms with van der Waals surface area (Å²) in [6, 6.07) is 1.86. The number of halogens is 3. The van der Waals surface area contributed by atoms with Crippen molar-refractivity contribution in [1.82, 2.24) is 14.9 Å². The number of anilines is 1. The number of likely N-dealkylation sites (tertiary alicyclic amines) is 1. The predicted octanol–water partition coefficient (Wildman–Crippen LogP) is 2.64. The quantitative estimate of drug-likeness (QED) is 0.908. The molecule has 1 fully saturated rings. The number of aromatic nitrogens is 2. The van der Waals surface area contributed by atoms with Crippen LogP contribution in [-0.2, 0) is 6.42 Å². The van der Waals surface area contributed by atoms with Gasteiger partial charge in [-0.2, -0.15) is 13.2 Å². The van der Waals surface area contributed by atoms with Crippen LogP contribution in [0.4, 0.5) is 19.0 Å². The van der Waals surface area contributed by atoms with Gasteiger partial charge in [-0.15, -0.1) is 0 Å². The first-order valence-electron chi connectivity index (χ1n) is 7.23. The molecule has 1 unspecified atom stereocenters. The molecule has 0 spiro atoms. The lowest BCUT2D eigenvalue weighted by Gasteiger charge is -2.18. The molecule has 1 saturated heterocycles. The van der Waals surface area contributed by atoms with Crippen LogP contribution in [0, 0.1) is 12.8 Å². The first-order valence-corrected chi connectivity index (χ1v) is 7.23. The van der Waals surface area contributed by atoms with Gasteiger partial charge in [-0.25, -0.2) is 9.97 Å². The van der Waals surface area contributed by atoms with E-state index in [2.05, 4.69) is 15.3 Å². The van der Waals surface area contributed by atoms with E-state index < -0.39 is 12.7 Å². The van der Waals surface area contributed by atoms with E-state index in [1.54, 1.807) is 0 Å². The summed E-state index contributed by atoms with van der Waals surface area (Å²) in [7, 11) is 0. The lowest BCUT2D eigenvalue weighted by molar-refractivity contribution is -0.143. The minimum absolute atomic E-state index is 0.229. The lowest BCUT2D eigenvalue weighted by atomic mass is 10.1. The average molecular weight is 302 g/mol. The minimum Gasteiger partial charge on any atom is -0.370 e. The van der Waals surface area contributed by atoms with Crippen molar-refractivity contribution in [2.24, 2.45) is 5.92 Å². The Hall–Kier alpha value is -1.37. The molecular formula is C14H21F3N4. The van der Waals surface area contributed by atoms with Crippen molar-refractivity contribution in [3.05, 3.63) is 17.6 Å². The van der Waals surface area contributed by atoms with Gasteiger partial charge in [-0.05, 0) is 25.8 Å². The normalized spacial score (nSPS) is 20.0. The summed E-state index contributed by atoms with van der Waals surface area (Å²) in [6.45, 7) is 4.73. The molecule has 118 valence electrons. The van der Waals surface area contributed by atoms with Crippen molar-refractivity contribution in [3.8, 4) is 0 Å². The monoisotopic (exact) mass is 302 g/mol. The Labute approximate surface area is 122 Å². The van der Waals surface area contributed by atoms with Crippen LogP contribution in [0.2, 0.25) is 0 Å². The van der Waals surface area contributed by atoms with Gasteiger partial charge in [0.05, 0.1) is 6.54 Å². The second-order valence-electron chi connectivity index (χ2n) is 5.55. The van der Waals surface area contributed by atoms with Crippen LogP contribution in [-0.4, -0.2) is 47.2 Å². The van der Waals surface area contributed by atoms with Gasteiger partial charge < -0.3 is 5.32 Å². The SMILES string of the molecule is CCc1nc(C)cc(NCC2CCN(CC(F)(F)F)C2)n1. The zero-order valence-corrected chi connectivity index (χ0v) is 12.4. The van der Waals surface area contributed by atoms with E-state index in [0.717, 1.165) is 30.2 Å². The second kappa shape index (κ2) is 6.60. The molecule has 0 aliphatic carbocycles. The summed E-state index contributed by atoms with van der Waals surface area (Å²) < 4.78 is 37.0. The molecule has 1 atom stereocenters. The molecule has 1 aliphatic heterocycles. The van der Waals surface area contributed by atoms with Gasteiger partial charge in [0.2, 0.25) is 0 Å². The van der Waals surface area contributed by atoms with Gasteiger partial charge in [-0.1, -0.05) is 6.92 Å². The summed E-state index contributed by atoms with van der Waals surface area (Å²) in [5.74, 6) is 1.77. The van der Waals surface area contributed by atoms with Gasteiger partial charge >= 0.3 is 6.18 Å². The van der Waals surface area contributed by atoms with Crippen LogP contribution >= 0.6 is 0 Å². The topological polar surface area (TPSA) is 41.1 Å². The van der Waals surface area contributed by atoms with Gasteiger partial charge in [-0.3, -0.25) is 4.90 Å². The van der Waals surface area contributed by atoms with E-state index in [0.29, 0.717) is 19.6 Å². The molecule has 0 bridgehead atoms. The first kappa shape index (κ1) is 16.0. The van der Waals surface area contributed by atoms with Crippen molar-refractivity contribution in [2.75, 3.05) is 31.5 Å². The second-order valence-corrected chi connectivity index (χ2v) is 5.55. The number of rotatable bonds is 5. The number of hydrogen-bond acceptors (Lipinski definition) is 4. The Morgan fingerprint density at radius 3 is 2.81 bits per heavy atom. The fourth-order valence-corrected chi connectivity index (χ4v) is 2.60. The Kier molecular flexibility index (Phi) is 5.03. The molecule has 7 heteroatoms. The van der Waals surface area contributed by atoms with Crippen molar-refractivity contribution in [3.63, 3.8) is 0 Å². The fourth-order valence-electron chi connectivity index (χ4n) is 2.60. The standard InChI is InChI=1S/C14H21F3N4/c1-3-12-19-10(2)6-13(20-12)18-7-11-4-5-21(8-11)9-14(15,16)17/h6,11H,3-5,7-9H2,1-2H3,(H,18,19,20). The van der Waals surface area contributed by atoms with E-state index in [1.165, 1.54) is 4.90 Å². The highest BCUT2D eigenvalue weighted by Crippen LogP contribution is 2.23. The van der Waals surface area contributed by atoms with Gasteiger partial charge in [0, 0.05) is 31.3 Å². The molecule has 0 saturated carbocycles. The summed E-state index contributed by atoms with van der Waals surface area (Å²) in [6.07, 6.45) is -2.56. The minimum atomic E-state index is -4.11. The van der Waals surface area contributed by atoms with Gasteiger partial charge in [0.1, 0.15) is 11.6 Å². The first-order chi connectivity index (χ1) is 9.85. The van der Waals surface area contributed by atoms with Crippen LogP contribution < -0.4 is 5.32 Å². The van der Waals surface area contributed by atoms with Crippen molar-refractivity contribution < 1.29 is 13.2 Å². The van der Waals surface area contributed by atoms with Crippen LogP contribution in [0.1, 0.15) is 24.9 Å². The number of nitrogens with zero attached hydrogens (tertiary/aromatic N) is 3. The molecule has 1 aromatic heterocycles. The molecule has 21 heavy (non-hydrogen) atoms. The Bertz CT molecular complexity index is 476. The highest BCUT2D eigenvalue weighted by Gasteiger charge is 2.34. The smallest absolute Gasteiger partial charge is 0.370 e. The largest absolute Gasteiger partial charge is 0.401 e. The summed E-state index contributed by atoms with van der Waals surface area (Å²) >= 11 is 0. The lowest BCUT2D eigenvalue weighted by Crippen LogP contribution is -2.33. The number of aryl methyl sites for hydroxylation is 2. The highest BCUT2D eigenvalue weighted by atomic mass is 19.4. The Morgan fingerprint density at radius 2 is 2.14 bits per heavy atom. The molecule has 0 amide bonds. The molecular weight excluding hydrogens is 281 g/mol. The van der Waals surface area contributed by atoms with Crippen molar-refractivity contribution >= 4 is 5.82 Å². The van der Waals surface area contributed by atoms with Crippen LogP contribution in [0.5, 0.6) is 0 Å². The molecule has 2 rings (SSSR count).